The Balaban J connectivity index is 2.06. The van der Waals surface area contributed by atoms with E-state index in [4.69, 9.17) is 11.5 Å². The zero-order valence-electron chi connectivity index (χ0n) is 12.5. The first-order valence-corrected chi connectivity index (χ1v) is 7.58. The number of carbonyl (C=O) groups excluding carboxylic acids is 1. The summed E-state index contributed by atoms with van der Waals surface area (Å²) in [6.07, 6.45) is -4.48. The fraction of sp³-hybridized carbons (Fsp3) is 0.214. The zero-order chi connectivity index (χ0) is 17.9. The lowest BCUT2D eigenvalue weighted by Gasteiger charge is -2.13. The number of aromatic nitrogens is 2. The number of nitrogens with one attached hydrogen (secondary N) is 1. The molecular formula is C14H14F3N5OS. The molecule has 0 radical (unpaired) electrons. The number of carbonyl (C=O) groups is 1. The van der Waals surface area contributed by atoms with Gasteiger partial charge in [0.05, 0.1) is 10.8 Å². The molecule has 1 amide bonds. The van der Waals surface area contributed by atoms with Gasteiger partial charge < -0.3 is 16.8 Å². The van der Waals surface area contributed by atoms with Crippen LogP contribution in [-0.2, 0) is 11.0 Å². The summed E-state index contributed by atoms with van der Waals surface area (Å²) >= 11 is 0.993. The van der Waals surface area contributed by atoms with Crippen LogP contribution in [0.25, 0.3) is 0 Å². The quantitative estimate of drug-likeness (QED) is 0.574. The molecule has 2 aromatic rings. The summed E-state index contributed by atoms with van der Waals surface area (Å²) < 4.78 is 38.0. The number of anilines is 3. The van der Waals surface area contributed by atoms with Gasteiger partial charge in [-0.05, 0) is 25.1 Å². The molecule has 0 saturated carbocycles. The largest absolute Gasteiger partial charge is 0.416 e. The van der Waals surface area contributed by atoms with Crippen molar-refractivity contribution in [3.63, 3.8) is 0 Å². The van der Waals surface area contributed by atoms with E-state index in [1.165, 1.54) is 18.2 Å². The molecule has 10 heteroatoms. The summed E-state index contributed by atoms with van der Waals surface area (Å²) in [5.74, 6) is -0.171. The highest BCUT2D eigenvalue weighted by molar-refractivity contribution is 8.00. The van der Waals surface area contributed by atoms with Crippen LogP contribution in [0.5, 0.6) is 0 Å². The molecule has 24 heavy (non-hydrogen) atoms. The third-order valence-electron chi connectivity index (χ3n) is 2.85. The highest BCUT2D eigenvalue weighted by Crippen LogP contribution is 2.31. The average Bonchev–Trinajstić information content (AvgIpc) is 2.45. The Kier molecular flexibility index (Phi) is 5.17. The summed E-state index contributed by atoms with van der Waals surface area (Å²) in [7, 11) is 0. The third-order valence-corrected chi connectivity index (χ3v) is 3.82. The van der Waals surface area contributed by atoms with Crippen molar-refractivity contribution in [1.82, 2.24) is 9.97 Å². The topological polar surface area (TPSA) is 107 Å². The monoisotopic (exact) mass is 357 g/mol. The molecule has 0 aliphatic carbocycles. The van der Waals surface area contributed by atoms with Crippen LogP contribution in [-0.4, -0.2) is 21.1 Å². The van der Waals surface area contributed by atoms with E-state index in [-0.39, 0.29) is 22.5 Å². The van der Waals surface area contributed by atoms with Gasteiger partial charge in [-0.3, -0.25) is 4.79 Å². The van der Waals surface area contributed by atoms with E-state index >= 15 is 0 Å². The molecule has 5 N–H and O–H groups in total. The molecule has 0 unspecified atom stereocenters. The van der Waals surface area contributed by atoms with Crippen molar-refractivity contribution in [1.29, 1.82) is 0 Å². The van der Waals surface area contributed by atoms with E-state index in [2.05, 4.69) is 15.3 Å². The van der Waals surface area contributed by atoms with Gasteiger partial charge in [0.25, 0.3) is 0 Å². The Labute approximate surface area is 139 Å². The van der Waals surface area contributed by atoms with Crippen molar-refractivity contribution >= 4 is 35.0 Å². The predicted octanol–water partition coefficient (Wildman–Crippen LogP) is 2.78. The van der Waals surface area contributed by atoms with Crippen molar-refractivity contribution in [3.8, 4) is 0 Å². The van der Waals surface area contributed by atoms with Crippen molar-refractivity contribution in [2.24, 2.45) is 0 Å². The minimum atomic E-state index is -4.48. The van der Waals surface area contributed by atoms with Gasteiger partial charge >= 0.3 is 6.18 Å². The Morgan fingerprint density at radius 3 is 2.42 bits per heavy atom. The molecule has 128 valence electrons. The van der Waals surface area contributed by atoms with Crippen molar-refractivity contribution < 1.29 is 18.0 Å². The lowest BCUT2D eigenvalue weighted by Crippen LogP contribution is -2.23. The maximum absolute atomic E-state index is 12.7. The highest BCUT2D eigenvalue weighted by Gasteiger charge is 2.30. The molecule has 6 nitrogen and oxygen atoms in total. The van der Waals surface area contributed by atoms with Crippen LogP contribution in [0.3, 0.4) is 0 Å². The number of alkyl halides is 3. The minimum Gasteiger partial charge on any atom is -0.383 e. The maximum atomic E-state index is 12.7. The van der Waals surface area contributed by atoms with Crippen LogP contribution in [0.4, 0.5) is 30.5 Å². The van der Waals surface area contributed by atoms with Gasteiger partial charge in [-0.1, -0.05) is 17.8 Å². The Morgan fingerprint density at radius 1 is 1.21 bits per heavy atom. The van der Waals surface area contributed by atoms with E-state index in [9.17, 15) is 18.0 Å². The Hall–Kier alpha value is -2.49. The van der Waals surface area contributed by atoms with Crippen molar-refractivity contribution in [3.05, 3.63) is 35.9 Å². The number of nitrogen functional groups attached to an aromatic ring is 2. The molecule has 0 fully saturated rings. The zero-order valence-corrected chi connectivity index (χ0v) is 13.3. The van der Waals surface area contributed by atoms with Crippen LogP contribution in [0.2, 0.25) is 0 Å². The number of halogens is 3. The molecular weight excluding hydrogens is 343 g/mol. The molecule has 1 atom stereocenters. The molecule has 1 heterocycles. The van der Waals surface area contributed by atoms with Crippen LogP contribution < -0.4 is 16.8 Å². The predicted molar refractivity (Wildman–Crippen MR) is 86.2 cm³/mol. The highest BCUT2D eigenvalue weighted by atomic mass is 32.2. The smallest absolute Gasteiger partial charge is 0.383 e. The van der Waals surface area contributed by atoms with Gasteiger partial charge in [0, 0.05) is 11.8 Å². The van der Waals surface area contributed by atoms with Gasteiger partial charge in [-0.25, -0.2) is 9.97 Å². The molecule has 0 bridgehead atoms. The first-order chi connectivity index (χ1) is 11.1. The fourth-order valence-electron chi connectivity index (χ4n) is 1.74. The summed E-state index contributed by atoms with van der Waals surface area (Å²) in [6, 6.07) is 5.76. The summed E-state index contributed by atoms with van der Waals surface area (Å²) in [5.41, 5.74) is 10.3. The van der Waals surface area contributed by atoms with Gasteiger partial charge in [0.1, 0.15) is 11.6 Å². The number of hydrogen-bond acceptors (Lipinski definition) is 6. The number of rotatable bonds is 4. The van der Waals surface area contributed by atoms with E-state index in [1.54, 1.807) is 6.92 Å². The van der Waals surface area contributed by atoms with E-state index < -0.39 is 22.9 Å². The summed E-state index contributed by atoms with van der Waals surface area (Å²) in [5, 5.41) is 1.97. The van der Waals surface area contributed by atoms with Crippen molar-refractivity contribution in [2.75, 3.05) is 16.8 Å². The lowest BCUT2D eigenvalue weighted by atomic mass is 10.2. The van der Waals surface area contributed by atoms with Gasteiger partial charge in [0.2, 0.25) is 5.91 Å². The molecule has 1 aromatic carbocycles. The molecule has 0 aliphatic heterocycles. The molecule has 0 spiro atoms. The summed E-state index contributed by atoms with van der Waals surface area (Å²) in [6.45, 7) is 1.57. The van der Waals surface area contributed by atoms with Crippen LogP contribution in [0.1, 0.15) is 12.5 Å². The van der Waals surface area contributed by atoms with Gasteiger partial charge in [-0.2, -0.15) is 13.2 Å². The second-order valence-corrected chi connectivity index (χ2v) is 6.14. The number of nitrogens with two attached hydrogens (primary N) is 2. The molecule has 0 saturated heterocycles. The van der Waals surface area contributed by atoms with Crippen LogP contribution in [0, 0.1) is 0 Å². The molecule has 2 rings (SSSR count). The van der Waals surface area contributed by atoms with E-state index in [0.29, 0.717) is 0 Å². The number of amides is 1. The van der Waals surface area contributed by atoms with Gasteiger partial charge in [0.15, 0.2) is 5.16 Å². The number of benzene rings is 1. The first-order valence-electron chi connectivity index (χ1n) is 6.70. The average molecular weight is 357 g/mol. The second kappa shape index (κ2) is 6.95. The van der Waals surface area contributed by atoms with Crippen molar-refractivity contribution in [2.45, 2.75) is 23.5 Å². The standard InChI is InChI=1S/C14H14F3N5OS/c1-7(24-13-21-10(18)6-11(19)22-13)12(23)20-9-4-2-3-8(5-9)14(15,16)17/h2-7H,1H3,(H,20,23)(H4,18,19,21,22)/t7-/m1/s1. The second-order valence-electron chi connectivity index (χ2n) is 4.83. The molecule has 1 aromatic heterocycles. The third kappa shape index (κ3) is 4.75. The minimum absolute atomic E-state index is 0.0512. The van der Waals surface area contributed by atoms with Crippen LogP contribution in [0.15, 0.2) is 35.5 Å². The SMILES string of the molecule is C[C@@H](Sc1nc(N)cc(N)n1)C(=O)Nc1cccc(C(F)(F)F)c1. The first kappa shape index (κ1) is 17.9. The van der Waals surface area contributed by atoms with Crippen LogP contribution >= 0.6 is 11.8 Å². The normalized spacial score (nSPS) is 12.7. The number of nitrogens with zero attached hydrogens (tertiary/aromatic N) is 2. The number of thioether (sulfide) groups is 1. The van der Waals surface area contributed by atoms with E-state index in [1.807, 2.05) is 0 Å². The van der Waals surface area contributed by atoms with Gasteiger partial charge in [-0.15, -0.1) is 0 Å². The van der Waals surface area contributed by atoms with E-state index in [0.717, 1.165) is 23.9 Å². The summed E-state index contributed by atoms with van der Waals surface area (Å²) in [4.78, 5) is 20.0. The lowest BCUT2D eigenvalue weighted by molar-refractivity contribution is -0.137. The Bertz CT molecular complexity index is 733. The number of hydrogen-bond donors (Lipinski definition) is 3. The fourth-order valence-corrected chi connectivity index (χ4v) is 2.54. The maximum Gasteiger partial charge on any atom is 0.416 e. The molecule has 0 aliphatic rings. The Morgan fingerprint density at radius 2 is 1.83 bits per heavy atom.